The summed E-state index contributed by atoms with van der Waals surface area (Å²) < 4.78 is 5.49. The highest BCUT2D eigenvalue weighted by atomic mass is 35.5. The van der Waals surface area contributed by atoms with E-state index in [4.69, 9.17) is 33.7 Å². The van der Waals surface area contributed by atoms with Gasteiger partial charge in [0, 0.05) is 17.8 Å². The number of halogens is 2. The fourth-order valence-electron chi connectivity index (χ4n) is 1.40. The van der Waals surface area contributed by atoms with Crippen molar-refractivity contribution in [3.8, 4) is 11.5 Å². The Balaban J connectivity index is 2.31. The van der Waals surface area contributed by atoms with E-state index in [9.17, 15) is 10.1 Å². The summed E-state index contributed by atoms with van der Waals surface area (Å²) in [6.45, 7) is 0. The van der Waals surface area contributed by atoms with Crippen LogP contribution in [-0.2, 0) is 0 Å². The van der Waals surface area contributed by atoms with Crippen LogP contribution < -0.4 is 10.5 Å². The molecule has 2 aromatic carbocycles. The van der Waals surface area contributed by atoms with Gasteiger partial charge in [0.15, 0.2) is 0 Å². The third kappa shape index (κ3) is 3.07. The number of nitrogen functional groups attached to an aromatic ring is 1. The lowest BCUT2D eigenvalue weighted by molar-refractivity contribution is -0.384. The van der Waals surface area contributed by atoms with Crippen molar-refractivity contribution in [1.29, 1.82) is 0 Å². The number of anilines is 1. The van der Waals surface area contributed by atoms with Crippen molar-refractivity contribution in [2.45, 2.75) is 0 Å². The van der Waals surface area contributed by atoms with Gasteiger partial charge in [-0.3, -0.25) is 10.1 Å². The number of non-ortho nitro benzene ring substituents is 1. The molecule has 0 unspecified atom stereocenters. The van der Waals surface area contributed by atoms with Crippen LogP contribution in [-0.4, -0.2) is 4.92 Å². The van der Waals surface area contributed by atoms with E-state index in [0.29, 0.717) is 16.5 Å². The minimum absolute atomic E-state index is 0.110. The second-order valence-electron chi connectivity index (χ2n) is 3.66. The third-order valence-corrected chi connectivity index (χ3v) is 2.89. The number of benzene rings is 2. The Morgan fingerprint density at radius 2 is 1.63 bits per heavy atom. The van der Waals surface area contributed by atoms with Gasteiger partial charge in [0.2, 0.25) is 0 Å². The van der Waals surface area contributed by atoms with Crippen molar-refractivity contribution in [2.24, 2.45) is 0 Å². The molecule has 98 valence electrons. The summed E-state index contributed by atoms with van der Waals surface area (Å²) in [5, 5.41) is 11.0. The van der Waals surface area contributed by atoms with E-state index in [-0.39, 0.29) is 16.5 Å². The van der Waals surface area contributed by atoms with Crippen LogP contribution in [0.2, 0.25) is 10.0 Å². The van der Waals surface area contributed by atoms with Crippen LogP contribution in [0.1, 0.15) is 0 Å². The Labute approximate surface area is 118 Å². The maximum Gasteiger partial charge on any atom is 0.271 e. The molecule has 0 atom stereocenters. The van der Waals surface area contributed by atoms with Crippen LogP contribution in [0.15, 0.2) is 36.4 Å². The number of hydrogen-bond acceptors (Lipinski definition) is 4. The Morgan fingerprint density at radius 3 is 2.16 bits per heavy atom. The molecule has 2 rings (SSSR count). The molecule has 7 heteroatoms. The molecule has 0 aliphatic heterocycles. The Kier molecular flexibility index (Phi) is 3.78. The van der Waals surface area contributed by atoms with E-state index in [2.05, 4.69) is 0 Å². The van der Waals surface area contributed by atoms with Gasteiger partial charge in [-0.05, 0) is 24.3 Å². The van der Waals surface area contributed by atoms with Crippen molar-refractivity contribution in [2.75, 3.05) is 5.73 Å². The van der Waals surface area contributed by atoms with Crippen molar-refractivity contribution >= 4 is 34.6 Å². The lowest BCUT2D eigenvalue weighted by Gasteiger charge is -2.09. The number of nitro benzene ring substituents is 1. The molecule has 0 spiro atoms. The van der Waals surface area contributed by atoms with Crippen LogP contribution in [0.25, 0.3) is 0 Å². The largest absolute Gasteiger partial charge is 0.454 e. The zero-order valence-electron chi connectivity index (χ0n) is 9.47. The fraction of sp³-hybridized carbons (Fsp3) is 0. The number of rotatable bonds is 3. The van der Waals surface area contributed by atoms with Crippen molar-refractivity contribution in [3.05, 3.63) is 56.6 Å². The van der Waals surface area contributed by atoms with Crippen LogP contribution in [0.5, 0.6) is 11.5 Å². The predicted octanol–water partition coefficient (Wildman–Crippen LogP) is 4.28. The zero-order valence-corrected chi connectivity index (χ0v) is 11.0. The summed E-state index contributed by atoms with van der Waals surface area (Å²) >= 11 is 11.9. The quantitative estimate of drug-likeness (QED) is 0.521. The molecule has 0 bridgehead atoms. The Morgan fingerprint density at radius 1 is 1.05 bits per heavy atom. The normalized spacial score (nSPS) is 10.2. The molecule has 0 amide bonds. The SMILES string of the molecule is Nc1ccc(Oc2ccc([N+](=O)[O-])cc2Cl)c(Cl)c1. The average molecular weight is 299 g/mol. The van der Waals surface area contributed by atoms with Gasteiger partial charge in [0.1, 0.15) is 11.5 Å². The summed E-state index contributed by atoms with van der Waals surface area (Å²) in [6.07, 6.45) is 0. The standard InChI is InChI=1S/C12H8Cl2N2O3/c13-9-5-7(15)1-3-11(9)19-12-4-2-8(16(17)18)6-10(12)14/h1-6H,15H2. The van der Waals surface area contributed by atoms with Gasteiger partial charge in [-0.25, -0.2) is 0 Å². The van der Waals surface area contributed by atoms with E-state index in [1.54, 1.807) is 12.1 Å². The molecule has 0 radical (unpaired) electrons. The highest BCUT2D eigenvalue weighted by molar-refractivity contribution is 6.33. The summed E-state index contributed by atoms with van der Waals surface area (Å²) in [4.78, 5) is 10.0. The van der Waals surface area contributed by atoms with E-state index >= 15 is 0 Å². The lowest BCUT2D eigenvalue weighted by atomic mass is 10.3. The molecule has 0 saturated carbocycles. The molecule has 5 nitrogen and oxygen atoms in total. The molecular formula is C12H8Cl2N2O3. The first-order valence-corrected chi connectivity index (χ1v) is 5.90. The Hall–Kier alpha value is -1.98. The minimum atomic E-state index is -0.536. The van der Waals surface area contributed by atoms with Gasteiger partial charge < -0.3 is 10.5 Å². The molecule has 2 N–H and O–H groups in total. The molecule has 0 aliphatic carbocycles. The first kappa shape index (κ1) is 13.5. The van der Waals surface area contributed by atoms with Crippen molar-refractivity contribution in [3.63, 3.8) is 0 Å². The van der Waals surface area contributed by atoms with Gasteiger partial charge in [-0.15, -0.1) is 0 Å². The maximum atomic E-state index is 10.6. The fourth-order valence-corrected chi connectivity index (χ4v) is 1.85. The monoisotopic (exact) mass is 298 g/mol. The van der Waals surface area contributed by atoms with Gasteiger partial charge >= 0.3 is 0 Å². The topological polar surface area (TPSA) is 78.4 Å². The predicted molar refractivity (Wildman–Crippen MR) is 74.0 cm³/mol. The van der Waals surface area contributed by atoms with Crippen LogP contribution in [0, 0.1) is 10.1 Å². The number of nitro groups is 1. The lowest BCUT2D eigenvalue weighted by Crippen LogP contribution is -1.91. The van der Waals surface area contributed by atoms with Gasteiger partial charge in [-0.2, -0.15) is 0 Å². The smallest absolute Gasteiger partial charge is 0.271 e. The van der Waals surface area contributed by atoms with Gasteiger partial charge in [0.05, 0.1) is 15.0 Å². The van der Waals surface area contributed by atoms with E-state index in [1.165, 1.54) is 24.3 Å². The summed E-state index contributed by atoms with van der Waals surface area (Å²) in [7, 11) is 0. The first-order chi connectivity index (χ1) is 8.97. The highest BCUT2D eigenvalue weighted by Crippen LogP contribution is 2.35. The number of hydrogen-bond donors (Lipinski definition) is 1. The number of nitrogens with zero attached hydrogens (tertiary/aromatic N) is 1. The average Bonchev–Trinajstić information content (AvgIpc) is 2.34. The summed E-state index contributed by atoms with van der Waals surface area (Å²) in [5.41, 5.74) is 5.96. The van der Waals surface area contributed by atoms with Crippen molar-refractivity contribution in [1.82, 2.24) is 0 Å². The van der Waals surface area contributed by atoms with Gasteiger partial charge in [0.25, 0.3) is 5.69 Å². The molecule has 19 heavy (non-hydrogen) atoms. The maximum absolute atomic E-state index is 10.6. The Bertz CT molecular complexity index is 647. The van der Waals surface area contributed by atoms with E-state index in [1.807, 2.05) is 0 Å². The van der Waals surface area contributed by atoms with Crippen molar-refractivity contribution < 1.29 is 9.66 Å². The molecule has 0 saturated heterocycles. The highest BCUT2D eigenvalue weighted by Gasteiger charge is 2.12. The second-order valence-corrected chi connectivity index (χ2v) is 4.48. The van der Waals surface area contributed by atoms with Crippen LogP contribution in [0.4, 0.5) is 11.4 Å². The summed E-state index contributed by atoms with van der Waals surface area (Å²) in [5.74, 6) is 0.644. The molecule has 0 aromatic heterocycles. The second kappa shape index (κ2) is 5.34. The molecule has 0 heterocycles. The summed E-state index contributed by atoms with van der Waals surface area (Å²) in [6, 6.07) is 8.67. The zero-order chi connectivity index (χ0) is 14.0. The number of nitrogens with two attached hydrogens (primary N) is 1. The number of ether oxygens (including phenoxy) is 1. The minimum Gasteiger partial charge on any atom is -0.454 e. The van der Waals surface area contributed by atoms with Crippen LogP contribution >= 0.6 is 23.2 Å². The van der Waals surface area contributed by atoms with E-state index in [0.717, 1.165) is 0 Å². The molecule has 2 aromatic rings. The molecule has 0 aliphatic rings. The van der Waals surface area contributed by atoms with Crippen LogP contribution in [0.3, 0.4) is 0 Å². The van der Waals surface area contributed by atoms with Gasteiger partial charge in [-0.1, -0.05) is 23.2 Å². The molecular weight excluding hydrogens is 291 g/mol. The first-order valence-electron chi connectivity index (χ1n) is 5.14. The third-order valence-electron chi connectivity index (χ3n) is 2.30. The van der Waals surface area contributed by atoms with E-state index < -0.39 is 4.92 Å². The molecule has 0 fully saturated rings.